The molecule has 1 aliphatic heterocycles. The summed E-state index contributed by atoms with van der Waals surface area (Å²) in [5.74, 6) is 0. The van der Waals surface area contributed by atoms with Crippen molar-refractivity contribution in [1.29, 1.82) is 0 Å². The summed E-state index contributed by atoms with van der Waals surface area (Å²) in [5.41, 5.74) is 1.12. The minimum atomic E-state index is 0.774. The molecule has 48 valence electrons. The summed E-state index contributed by atoms with van der Waals surface area (Å²) < 4.78 is 0.774. The molecule has 0 N–H and O–H groups in total. The number of hydrogen-bond donors (Lipinski definition) is 0. The van der Waals surface area contributed by atoms with Gasteiger partial charge in [-0.25, -0.2) is 0 Å². The van der Waals surface area contributed by atoms with Gasteiger partial charge in [0.25, 0.3) is 0 Å². The van der Waals surface area contributed by atoms with E-state index in [-0.39, 0.29) is 0 Å². The van der Waals surface area contributed by atoms with E-state index in [2.05, 4.69) is 26.9 Å². The molecule has 0 bridgehead atoms. The zero-order valence-corrected chi connectivity index (χ0v) is 5.96. The minimum absolute atomic E-state index is 0.774. The Morgan fingerprint density at radius 1 is 1.33 bits per heavy atom. The van der Waals surface area contributed by atoms with Crippen molar-refractivity contribution >= 4 is 0 Å². The molecule has 1 heterocycles. The molecule has 0 unspecified atom stereocenters. The van der Waals surface area contributed by atoms with Crippen LogP contribution in [0.4, 0.5) is 0 Å². The van der Waals surface area contributed by atoms with Gasteiger partial charge in [0.05, 0.1) is 14.1 Å². The molecule has 0 fully saturated rings. The topological polar surface area (TPSA) is 0 Å². The molecule has 0 saturated carbocycles. The van der Waals surface area contributed by atoms with Crippen molar-refractivity contribution in [2.75, 3.05) is 14.1 Å². The van der Waals surface area contributed by atoms with Gasteiger partial charge in [0, 0.05) is 0 Å². The predicted molar refractivity (Wildman–Crippen MR) is 39.5 cm³/mol. The van der Waals surface area contributed by atoms with Crippen molar-refractivity contribution in [2.45, 2.75) is 0 Å². The number of likely N-dealkylation sites (N-methyl/N-ethyl adjacent to an activating group) is 1. The van der Waals surface area contributed by atoms with Crippen molar-refractivity contribution < 1.29 is 4.48 Å². The predicted octanol–water partition coefficient (Wildman–Crippen LogP) is 1.66. The van der Waals surface area contributed by atoms with Crippen LogP contribution in [0.5, 0.6) is 0 Å². The van der Waals surface area contributed by atoms with Gasteiger partial charge in [-0.1, -0.05) is 6.08 Å². The fourth-order valence-electron chi connectivity index (χ4n) is 0.719. The smallest absolute Gasteiger partial charge is 0.129 e. The van der Waals surface area contributed by atoms with Crippen molar-refractivity contribution in [3.8, 4) is 0 Å². The van der Waals surface area contributed by atoms with Crippen LogP contribution in [0.3, 0.4) is 0 Å². The van der Waals surface area contributed by atoms with E-state index < -0.39 is 0 Å². The molecule has 1 aliphatic rings. The van der Waals surface area contributed by atoms with Gasteiger partial charge in [0.15, 0.2) is 0 Å². The highest BCUT2D eigenvalue weighted by molar-refractivity contribution is 5.18. The quantitative estimate of drug-likeness (QED) is 0.429. The summed E-state index contributed by atoms with van der Waals surface area (Å²) in [6.07, 6.45) is 8.17. The van der Waals surface area contributed by atoms with Gasteiger partial charge in [-0.05, 0) is 18.7 Å². The van der Waals surface area contributed by atoms with E-state index in [9.17, 15) is 0 Å². The average molecular weight is 122 g/mol. The van der Waals surface area contributed by atoms with Gasteiger partial charge < -0.3 is 0 Å². The molecule has 1 nitrogen and oxygen atoms in total. The highest BCUT2D eigenvalue weighted by Crippen LogP contribution is 2.14. The Morgan fingerprint density at radius 2 is 2.00 bits per heavy atom. The van der Waals surface area contributed by atoms with E-state index in [1.165, 1.54) is 0 Å². The second-order valence-corrected chi connectivity index (χ2v) is 2.73. The zero-order chi connectivity index (χ0) is 6.91. The van der Waals surface area contributed by atoms with E-state index in [0.29, 0.717) is 0 Å². The highest BCUT2D eigenvalue weighted by Gasteiger charge is 2.15. The van der Waals surface area contributed by atoms with Gasteiger partial charge in [0.1, 0.15) is 11.9 Å². The molecule has 0 aromatic carbocycles. The van der Waals surface area contributed by atoms with Crippen LogP contribution in [0.1, 0.15) is 0 Å². The molecule has 0 saturated heterocycles. The number of hydrogen-bond acceptors (Lipinski definition) is 0. The molecule has 0 aromatic rings. The van der Waals surface area contributed by atoms with Crippen LogP contribution in [0.25, 0.3) is 0 Å². The van der Waals surface area contributed by atoms with Crippen molar-refractivity contribution in [3.63, 3.8) is 0 Å². The molecule has 1 heteroatoms. The summed E-state index contributed by atoms with van der Waals surface area (Å²) in [7, 11) is 4.20. The second kappa shape index (κ2) is 1.85. The maximum absolute atomic E-state index is 3.90. The number of quaternary nitrogens is 1. The Bertz CT molecular complexity index is 185. The molecule has 0 aromatic heterocycles. The molecular formula is C8H12N+. The third kappa shape index (κ3) is 1.11. The molecular weight excluding hydrogens is 110 g/mol. The molecule has 1 rings (SSSR count). The Labute approximate surface area is 56.2 Å². The lowest BCUT2D eigenvalue weighted by Gasteiger charge is -2.25. The molecule has 0 atom stereocenters. The van der Waals surface area contributed by atoms with E-state index in [1.807, 2.05) is 18.2 Å². The number of allylic oxidation sites excluding steroid dienone is 3. The lowest BCUT2D eigenvalue weighted by atomic mass is 10.3. The van der Waals surface area contributed by atoms with E-state index in [0.717, 1.165) is 10.2 Å². The number of nitrogens with zero attached hydrogens (tertiary/aromatic N) is 1. The normalized spacial score (nSPS) is 22.7. The fourth-order valence-corrected chi connectivity index (χ4v) is 0.719. The van der Waals surface area contributed by atoms with Crippen LogP contribution in [0.2, 0.25) is 0 Å². The first-order chi connectivity index (χ1) is 4.13. The van der Waals surface area contributed by atoms with E-state index >= 15 is 0 Å². The molecule has 0 amide bonds. The number of rotatable bonds is 0. The summed E-state index contributed by atoms with van der Waals surface area (Å²) in [6, 6.07) is 0. The summed E-state index contributed by atoms with van der Waals surface area (Å²) >= 11 is 0. The monoisotopic (exact) mass is 122 g/mol. The van der Waals surface area contributed by atoms with Gasteiger partial charge in [0.2, 0.25) is 0 Å². The van der Waals surface area contributed by atoms with Crippen molar-refractivity contribution in [2.24, 2.45) is 0 Å². The second-order valence-electron chi connectivity index (χ2n) is 2.73. The van der Waals surface area contributed by atoms with Gasteiger partial charge >= 0.3 is 0 Å². The average Bonchev–Trinajstić information content (AvgIpc) is 1.77. The summed E-state index contributed by atoms with van der Waals surface area (Å²) in [4.78, 5) is 0. The Morgan fingerprint density at radius 3 is 2.33 bits per heavy atom. The highest BCUT2D eigenvalue weighted by atomic mass is 15.3. The lowest BCUT2D eigenvalue weighted by molar-refractivity contribution is -0.795. The Kier molecular flexibility index (Phi) is 1.29. The maximum atomic E-state index is 3.90. The van der Waals surface area contributed by atoms with Crippen LogP contribution in [-0.2, 0) is 0 Å². The molecule has 9 heavy (non-hydrogen) atoms. The molecule has 0 aliphatic carbocycles. The van der Waals surface area contributed by atoms with Gasteiger partial charge in [-0.15, -0.1) is 0 Å². The van der Waals surface area contributed by atoms with Crippen LogP contribution in [0.15, 0.2) is 36.7 Å². The first kappa shape index (κ1) is 6.30. The van der Waals surface area contributed by atoms with Gasteiger partial charge in [-0.2, -0.15) is 0 Å². The SMILES string of the molecule is C=C1C=CC=C[N+]1(C)C. The largest absolute Gasteiger partial charge is 0.270 e. The summed E-state index contributed by atoms with van der Waals surface area (Å²) in [5, 5.41) is 0. The molecule has 0 spiro atoms. The molecule has 0 radical (unpaired) electrons. The summed E-state index contributed by atoms with van der Waals surface area (Å²) in [6.45, 7) is 3.90. The van der Waals surface area contributed by atoms with Crippen molar-refractivity contribution in [3.05, 3.63) is 36.7 Å². The maximum Gasteiger partial charge on any atom is 0.129 e. The van der Waals surface area contributed by atoms with Gasteiger partial charge in [-0.3, -0.25) is 4.48 Å². The third-order valence-electron chi connectivity index (χ3n) is 1.60. The minimum Gasteiger partial charge on any atom is -0.270 e. The third-order valence-corrected chi connectivity index (χ3v) is 1.60. The lowest BCUT2D eigenvalue weighted by Crippen LogP contribution is -2.31. The first-order valence-electron chi connectivity index (χ1n) is 3.02. The standard InChI is InChI=1S/C8H12N/c1-8-6-4-5-7-9(8,2)3/h4-7H,1H2,2-3H3/q+1. The Hall–Kier alpha value is -0.820. The van der Waals surface area contributed by atoms with Crippen LogP contribution in [-0.4, -0.2) is 18.6 Å². The zero-order valence-electron chi connectivity index (χ0n) is 5.96. The van der Waals surface area contributed by atoms with Crippen LogP contribution < -0.4 is 0 Å². The first-order valence-corrected chi connectivity index (χ1v) is 3.02. The Balaban J connectivity index is 2.91. The van der Waals surface area contributed by atoms with E-state index in [4.69, 9.17) is 0 Å². The van der Waals surface area contributed by atoms with Crippen LogP contribution in [0, 0.1) is 0 Å². The van der Waals surface area contributed by atoms with E-state index in [1.54, 1.807) is 0 Å². The van der Waals surface area contributed by atoms with Crippen LogP contribution >= 0.6 is 0 Å². The fraction of sp³-hybridized carbons (Fsp3) is 0.250. The van der Waals surface area contributed by atoms with Crippen molar-refractivity contribution in [1.82, 2.24) is 0 Å².